The topological polar surface area (TPSA) is 55.4 Å². The Morgan fingerprint density at radius 3 is 2.34 bits per heavy atom. The third-order valence-corrected chi connectivity index (χ3v) is 7.70. The van der Waals surface area contributed by atoms with E-state index in [4.69, 9.17) is 4.74 Å². The van der Waals surface area contributed by atoms with Crippen LogP contribution in [-0.4, -0.2) is 18.5 Å². The highest BCUT2D eigenvalue weighted by Crippen LogP contribution is 2.41. The normalized spacial score (nSPS) is 11.7. The van der Waals surface area contributed by atoms with E-state index in [2.05, 4.69) is 5.32 Å². The van der Waals surface area contributed by atoms with Crippen LogP contribution in [-0.2, 0) is 9.53 Å². The summed E-state index contributed by atoms with van der Waals surface area (Å²) < 4.78 is 5.30. The predicted molar refractivity (Wildman–Crippen MR) is 134 cm³/mol. The number of esters is 1. The molecule has 1 amide bonds. The number of hydrogen-bond acceptors (Lipinski definition) is 6. The van der Waals surface area contributed by atoms with Crippen molar-refractivity contribution < 1.29 is 14.3 Å². The van der Waals surface area contributed by atoms with Crippen molar-refractivity contribution in [2.24, 2.45) is 0 Å². The summed E-state index contributed by atoms with van der Waals surface area (Å²) in [7, 11) is 0. The van der Waals surface area contributed by atoms with Gasteiger partial charge < -0.3 is 10.1 Å². The van der Waals surface area contributed by atoms with Crippen LogP contribution in [0.1, 0.15) is 28.1 Å². The van der Waals surface area contributed by atoms with Gasteiger partial charge in [-0.1, -0.05) is 54.6 Å². The number of benzene rings is 2. The van der Waals surface area contributed by atoms with E-state index >= 15 is 0 Å². The van der Waals surface area contributed by atoms with Gasteiger partial charge in [0.15, 0.2) is 0 Å². The lowest BCUT2D eigenvalue weighted by atomic mass is 10.1. The third kappa shape index (κ3) is 5.12. The smallest absolute Gasteiger partial charge is 0.341 e. The van der Waals surface area contributed by atoms with Crippen LogP contribution in [0.25, 0.3) is 10.4 Å². The summed E-state index contributed by atoms with van der Waals surface area (Å²) in [6, 6.07) is 23.4. The standard InChI is InChI=1S/C25H21NO3S3/c1-2-29-25(28)21-19(20-14-9-15-30-20)16-31-24(21)26-23(27)22(17-10-5-3-6-11-17)32-18-12-7-4-8-13-18/h3-16,22H,2H2,1H3,(H,26,27)/t22-/m0/s1. The number of carbonyl (C=O) groups excluding carboxylic acids is 2. The van der Waals surface area contributed by atoms with E-state index in [9.17, 15) is 9.59 Å². The molecule has 7 heteroatoms. The molecule has 0 saturated heterocycles. The van der Waals surface area contributed by atoms with Crippen molar-refractivity contribution in [3.8, 4) is 10.4 Å². The fraction of sp³-hybridized carbons (Fsp3) is 0.120. The molecule has 4 aromatic rings. The van der Waals surface area contributed by atoms with Gasteiger partial charge in [0, 0.05) is 20.7 Å². The summed E-state index contributed by atoms with van der Waals surface area (Å²) in [4.78, 5) is 28.2. The first-order chi connectivity index (χ1) is 15.7. The maximum Gasteiger partial charge on any atom is 0.341 e. The Kier molecular flexibility index (Phi) is 7.42. The first kappa shape index (κ1) is 22.3. The first-order valence-electron chi connectivity index (χ1n) is 10.1. The average Bonchev–Trinajstić information content (AvgIpc) is 3.49. The Morgan fingerprint density at radius 2 is 1.69 bits per heavy atom. The molecule has 4 nitrogen and oxygen atoms in total. The quantitative estimate of drug-likeness (QED) is 0.216. The van der Waals surface area contributed by atoms with Gasteiger partial charge in [-0.3, -0.25) is 4.79 Å². The molecule has 0 aliphatic rings. The Hall–Kier alpha value is -2.87. The molecule has 162 valence electrons. The molecule has 0 aliphatic carbocycles. The molecule has 1 atom stereocenters. The minimum Gasteiger partial charge on any atom is -0.462 e. The van der Waals surface area contributed by atoms with E-state index in [-0.39, 0.29) is 12.5 Å². The first-order valence-corrected chi connectivity index (χ1v) is 12.7. The largest absolute Gasteiger partial charge is 0.462 e. The molecule has 2 aromatic carbocycles. The number of thioether (sulfide) groups is 1. The van der Waals surface area contributed by atoms with Gasteiger partial charge in [-0.15, -0.1) is 34.4 Å². The summed E-state index contributed by atoms with van der Waals surface area (Å²) in [6.07, 6.45) is 0. The molecule has 0 saturated carbocycles. The monoisotopic (exact) mass is 479 g/mol. The molecule has 0 bridgehead atoms. The number of nitrogens with one attached hydrogen (secondary N) is 1. The van der Waals surface area contributed by atoms with Gasteiger partial charge in [0.05, 0.1) is 6.61 Å². The van der Waals surface area contributed by atoms with Gasteiger partial charge in [-0.05, 0) is 36.1 Å². The van der Waals surface area contributed by atoms with Crippen LogP contribution >= 0.6 is 34.4 Å². The van der Waals surface area contributed by atoms with Gasteiger partial charge in [0.2, 0.25) is 5.91 Å². The van der Waals surface area contributed by atoms with Crippen molar-refractivity contribution in [3.63, 3.8) is 0 Å². The zero-order chi connectivity index (χ0) is 22.3. The number of carbonyl (C=O) groups is 2. The fourth-order valence-corrected chi connectivity index (χ4v) is 6.00. The van der Waals surface area contributed by atoms with Crippen LogP contribution in [0, 0.1) is 0 Å². The number of hydrogen-bond donors (Lipinski definition) is 1. The van der Waals surface area contributed by atoms with Gasteiger partial charge in [-0.2, -0.15) is 0 Å². The van der Waals surface area contributed by atoms with Gasteiger partial charge >= 0.3 is 5.97 Å². The van der Waals surface area contributed by atoms with Crippen molar-refractivity contribution in [3.05, 3.63) is 94.7 Å². The predicted octanol–water partition coefficient (Wildman–Crippen LogP) is 7.13. The fourth-order valence-electron chi connectivity index (χ4n) is 3.18. The Morgan fingerprint density at radius 1 is 0.969 bits per heavy atom. The number of thiophene rings is 2. The molecule has 32 heavy (non-hydrogen) atoms. The van der Waals surface area contributed by atoms with Gasteiger partial charge in [0.1, 0.15) is 15.8 Å². The second-order valence-electron chi connectivity index (χ2n) is 6.76. The van der Waals surface area contributed by atoms with E-state index in [0.29, 0.717) is 10.6 Å². The van der Waals surface area contributed by atoms with E-state index in [1.54, 1.807) is 18.3 Å². The molecule has 0 spiro atoms. The van der Waals surface area contributed by atoms with E-state index in [1.807, 2.05) is 83.6 Å². The summed E-state index contributed by atoms with van der Waals surface area (Å²) in [5.74, 6) is -0.616. The Bertz CT molecular complexity index is 1170. The van der Waals surface area contributed by atoms with Crippen LogP contribution in [0.2, 0.25) is 0 Å². The third-order valence-electron chi connectivity index (χ3n) is 4.63. The highest BCUT2D eigenvalue weighted by Gasteiger charge is 2.27. The van der Waals surface area contributed by atoms with Crippen LogP contribution in [0.15, 0.2) is 88.5 Å². The second kappa shape index (κ2) is 10.6. The number of amides is 1. The molecule has 2 aromatic heterocycles. The lowest BCUT2D eigenvalue weighted by molar-refractivity contribution is -0.115. The summed E-state index contributed by atoms with van der Waals surface area (Å²) >= 11 is 4.36. The highest BCUT2D eigenvalue weighted by molar-refractivity contribution is 8.00. The maximum absolute atomic E-state index is 13.5. The summed E-state index contributed by atoms with van der Waals surface area (Å²) in [6.45, 7) is 2.04. The average molecular weight is 480 g/mol. The highest BCUT2D eigenvalue weighted by atomic mass is 32.2. The minimum atomic E-state index is -0.471. The van der Waals surface area contributed by atoms with Crippen molar-refractivity contribution >= 4 is 51.3 Å². The Labute approximate surface area is 199 Å². The lowest BCUT2D eigenvalue weighted by Crippen LogP contribution is -2.20. The van der Waals surface area contributed by atoms with Crippen molar-refractivity contribution in [2.75, 3.05) is 11.9 Å². The molecule has 1 N–H and O–H groups in total. The summed E-state index contributed by atoms with van der Waals surface area (Å²) in [5.41, 5.74) is 2.08. The molecule has 0 radical (unpaired) electrons. The Balaban J connectivity index is 1.67. The molecule has 2 heterocycles. The zero-order valence-corrected chi connectivity index (χ0v) is 19.8. The lowest BCUT2D eigenvalue weighted by Gasteiger charge is -2.17. The molecule has 0 unspecified atom stereocenters. The number of rotatable bonds is 8. The van der Waals surface area contributed by atoms with E-state index in [1.165, 1.54) is 23.1 Å². The van der Waals surface area contributed by atoms with Crippen molar-refractivity contribution in [1.82, 2.24) is 0 Å². The SMILES string of the molecule is CCOC(=O)c1c(-c2cccs2)csc1NC(=O)[C@@H](Sc1ccccc1)c1ccccc1. The van der Waals surface area contributed by atoms with Crippen LogP contribution < -0.4 is 5.32 Å². The molecule has 0 aliphatic heterocycles. The van der Waals surface area contributed by atoms with Crippen LogP contribution in [0.3, 0.4) is 0 Å². The second-order valence-corrected chi connectivity index (χ2v) is 9.77. The van der Waals surface area contributed by atoms with Crippen molar-refractivity contribution in [2.45, 2.75) is 17.1 Å². The molecule has 0 fully saturated rings. The maximum atomic E-state index is 13.5. The zero-order valence-electron chi connectivity index (χ0n) is 17.3. The molecular formula is C25H21NO3S3. The van der Waals surface area contributed by atoms with Gasteiger partial charge in [-0.25, -0.2) is 4.79 Å². The van der Waals surface area contributed by atoms with Crippen LogP contribution in [0.4, 0.5) is 5.00 Å². The van der Waals surface area contributed by atoms with E-state index < -0.39 is 11.2 Å². The van der Waals surface area contributed by atoms with Crippen molar-refractivity contribution in [1.29, 1.82) is 0 Å². The summed E-state index contributed by atoms with van der Waals surface area (Å²) in [5, 5.41) is 6.91. The van der Waals surface area contributed by atoms with Gasteiger partial charge in [0.25, 0.3) is 0 Å². The number of ether oxygens (including phenoxy) is 1. The minimum absolute atomic E-state index is 0.185. The molecular weight excluding hydrogens is 458 g/mol. The van der Waals surface area contributed by atoms with E-state index in [0.717, 1.165) is 20.9 Å². The van der Waals surface area contributed by atoms with Crippen LogP contribution in [0.5, 0.6) is 0 Å². The number of anilines is 1. The molecule has 4 rings (SSSR count).